The highest BCUT2D eigenvalue weighted by Gasteiger charge is 2.12. The highest BCUT2D eigenvalue weighted by Crippen LogP contribution is 2.19. The quantitative estimate of drug-likeness (QED) is 0.627. The van der Waals surface area contributed by atoms with Crippen LogP contribution < -0.4 is 0 Å². The molecule has 4 heteroatoms. The minimum absolute atomic E-state index is 0.0360. The van der Waals surface area contributed by atoms with Gasteiger partial charge in [0.2, 0.25) is 0 Å². The highest BCUT2D eigenvalue weighted by molar-refractivity contribution is 9.10. The van der Waals surface area contributed by atoms with Crippen molar-refractivity contribution in [1.29, 1.82) is 0 Å². The first-order valence-electron chi connectivity index (χ1n) is 4.54. The molecule has 0 aromatic heterocycles. The van der Waals surface area contributed by atoms with Gasteiger partial charge in [-0.15, -0.1) is 0 Å². The summed E-state index contributed by atoms with van der Waals surface area (Å²) in [6.07, 6.45) is 0. The van der Waals surface area contributed by atoms with E-state index in [0.29, 0.717) is 22.2 Å². The van der Waals surface area contributed by atoms with Crippen molar-refractivity contribution in [2.75, 3.05) is 6.61 Å². The number of ether oxygens (including phenoxy) is 1. The lowest BCUT2D eigenvalue weighted by Gasteiger charge is -2.05. The Hall–Kier alpha value is -1.16. The Bertz CT molecular complexity index is 399. The third kappa shape index (κ3) is 2.89. The predicted molar refractivity (Wildman–Crippen MR) is 60.1 cm³/mol. The van der Waals surface area contributed by atoms with E-state index in [9.17, 15) is 9.59 Å². The molecule has 0 radical (unpaired) electrons. The number of halogens is 1. The Morgan fingerprint density at radius 1 is 1.40 bits per heavy atom. The van der Waals surface area contributed by atoms with Gasteiger partial charge in [-0.3, -0.25) is 4.79 Å². The van der Waals surface area contributed by atoms with Gasteiger partial charge in [-0.05, 0) is 41.9 Å². The van der Waals surface area contributed by atoms with Crippen LogP contribution in [0.2, 0.25) is 0 Å². The normalized spacial score (nSPS) is 9.80. The number of benzene rings is 1. The number of carbonyl (C=O) groups is 2. The van der Waals surface area contributed by atoms with Gasteiger partial charge < -0.3 is 4.74 Å². The molecule has 0 fully saturated rings. The number of carbonyl (C=O) groups excluding carboxylic acids is 2. The number of esters is 1. The molecule has 0 bridgehead atoms. The molecule has 0 saturated heterocycles. The Kier molecular flexibility index (Phi) is 4.03. The average molecular weight is 271 g/mol. The van der Waals surface area contributed by atoms with E-state index in [1.807, 2.05) is 0 Å². The molecule has 0 aliphatic rings. The van der Waals surface area contributed by atoms with Crippen LogP contribution in [0.5, 0.6) is 0 Å². The summed E-state index contributed by atoms with van der Waals surface area (Å²) < 4.78 is 5.43. The summed E-state index contributed by atoms with van der Waals surface area (Å²) in [4.78, 5) is 22.5. The van der Waals surface area contributed by atoms with Gasteiger partial charge in [0.05, 0.1) is 12.2 Å². The van der Waals surface area contributed by atoms with Crippen LogP contribution in [0.15, 0.2) is 22.7 Å². The van der Waals surface area contributed by atoms with Crippen LogP contribution in [0, 0.1) is 0 Å². The zero-order chi connectivity index (χ0) is 11.4. The Labute approximate surface area is 96.6 Å². The lowest BCUT2D eigenvalue weighted by Crippen LogP contribution is -2.06. The van der Waals surface area contributed by atoms with Gasteiger partial charge in [-0.25, -0.2) is 4.79 Å². The third-order valence-electron chi connectivity index (χ3n) is 1.87. The summed E-state index contributed by atoms with van der Waals surface area (Å²) in [5.41, 5.74) is 0.997. The van der Waals surface area contributed by atoms with Crippen LogP contribution in [0.25, 0.3) is 0 Å². The van der Waals surface area contributed by atoms with Crippen molar-refractivity contribution in [1.82, 2.24) is 0 Å². The number of ketones is 1. The molecule has 0 unspecified atom stereocenters. The molecule has 0 saturated carbocycles. The second-order valence-corrected chi connectivity index (χ2v) is 3.83. The number of rotatable bonds is 3. The zero-order valence-electron chi connectivity index (χ0n) is 8.54. The van der Waals surface area contributed by atoms with Crippen LogP contribution in [-0.2, 0) is 4.74 Å². The van der Waals surface area contributed by atoms with E-state index < -0.39 is 0 Å². The summed E-state index contributed by atoms with van der Waals surface area (Å²) in [5, 5.41) is 0. The van der Waals surface area contributed by atoms with Gasteiger partial charge in [0.15, 0.2) is 5.78 Å². The molecule has 1 aromatic rings. The van der Waals surface area contributed by atoms with Crippen molar-refractivity contribution >= 4 is 27.7 Å². The van der Waals surface area contributed by atoms with E-state index in [1.165, 1.54) is 6.92 Å². The van der Waals surface area contributed by atoms with Crippen LogP contribution in [0.1, 0.15) is 34.6 Å². The fourth-order valence-corrected chi connectivity index (χ4v) is 1.65. The first-order chi connectivity index (χ1) is 7.06. The molecule has 0 N–H and O–H groups in total. The van der Waals surface area contributed by atoms with Crippen molar-refractivity contribution in [3.63, 3.8) is 0 Å². The monoisotopic (exact) mass is 270 g/mol. The molecule has 0 spiro atoms. The molecule has 0 atom stereocenters. The van der Waals surface area contributed by atoms with Gasteiger partial charge in [-0.1, -0.05) is 6.07 Å². The standard InChI is InChI=1S/C11H11BrO3/c1-3-15-11(14)9-5-4-8(7(2)13)6-10(9)12/h4-6H,3H2,1-2H3. The lowest BCUT2D eigenvalue weighted by atomic mass is 10.1. The summed E-state index contributed by atoms with van der Waals surface area (Å²) >= 11 is 3.23. The maximum atomic E-state index is 11.4. The molecule has 3 nitrogen and oxygen atoms in total. The van der Waals surface area contributed by atoms with E-state index in [2.05, 4.69) is 15.9 Å². The van der Waals surface area contributed by atoms with Crippen LogP contribution in [0.4, 0.5) is 0 Å². The molecule has 1 aromatic carbocycles. The first kappa shape index (κ1) is 11.9. The predicted octanol–water partition coefficient (Wildman–Crippen LogP) is 2.83. The zero-order valence-corrected chi connectivity index (χ0v) is 10.1. The summed E-state index contributed by atoms with van der Waals surface area (Å²) in [6.45, 7) is 3.56. The van der Waals surface area contributed by atoms with Gasteiger partial charge >= 0.3 is 5.97 Å². The summed E-state index contributed by atoms with van der Waals surface area (Å²) in [5.74, 6) is -0.425. The lowest BCUT2D eigenvalue weighted by molar-refractivity contribution is 0.0525. The Balaban J connectivity index is 3.03. The fourth-order valence-electron chi connectivity index (χ4n) is 1.11. The molecule has 80 valence electrons. The number of Topliss-reactive ketones (excluding diaryl/α,β-unsaturated/α-hetero) is 1. The maximum Gasteiger partial charge on any atom is 0.339 e. The summed E-state index contributed by atoms with van der Waals surface area (Å²) in [6, 6.07) is 4.81. The van der Waals surface area contributed by atoms with Crippen molar-refractivity contribution in [2.45, 2.75) is 13.8 Å². The molecule has 0 aliphatic heterocycles. The second-order valence-electron chi connectivity index (χ2n) is 2.97. The van der Waals surface area contributed by atoms with Crippen molar-refractivity contribution in [3.8, 4) is 0 Å². The minimum Gasteiger partial charge on any atom is -0.462 e. The maximum absolute atomic E-state index is 11.4. The minimum atomic E-state index is -0.389. The van der Waals surface area contributed by atoms with E-state index in [-0.39, 0.29) is 11.8 Å². The van der Waals surface area contributed by atoms with Gasteiger partial charge in [0, 0.05) is 10.0 Å². The van der Waals surface area contributed by atoms with Gasteiger partial charge in [0.25, 0.3) is 0 Å². The molecule has 0 amide bonds. The smallest absolute Gasteiger partial charge is 0.339 e. The van der Waals surface area contributed by atoms with Crippen LogP contribution in [-0.4, -0.2) is 18.4 Å². The van der Waals surface area contributed by atoms with Crippen molar-refractivity contribution < 1.29 is 14.3 Å². The van der Waals surface area contributed by atoms with Crippen LogP contribution in [0.3, 0.4) is 0 Å². The SMILES string of the molecule is CCOC(=O)c1ccc(C(C)=O)cc1Br. The van der Waals surface area contributed by atoms with Crippen molar-refractivity contribution in [2.24, 2.45) is 0 Å². The van der Waals surface area contributed by atoms with E-state index in [4.69, 9.17) is 4.74 Å². The second kappa shape index (κ2) is 5.07. The van der Waals surface area contributed by atoms with E-state index >= 15 is 0 Å². The fraction of sp³-hybridized carbons (Fsp3) is 0.273. The first-order valence-corrected chi connectivity index (χ1v) is 5.33. The summed E-state index contributed by atoms with van der Waals surface area (Å²) in [7, 11) is 0. The van der Waals surface area contributed by atoms with Gasteiger partial charge in [0.1, 0.15) is 0 Å². The highest BCUT2D eigenvalue weighted by atomic mass is 79.9. The molecule has 0 heterocycles. The largest absolute Gasteiger partial charge is 0.462 e. The van der Waals surface area contributed by atoms with E-state index in [0.717, 1.165) is 0 Å². The number of hydrogen-bond acceptors (Lipinski definition) is 3. The topological polar surface area (TPSA) is 43.4 Å². The molecule has 15 heavy (non-hydrogen) atoms. The third-order valence-corrected chi connectivity index (χ3v) is 2.53. The number of hydrogen-bond donors (Lipinski definition) is 0. The van der Waals surface area contributed by atoms with Crippen LogP contribution >= 0.6 is 15.9 Å². The van der Waals surface area contributed by atoms with E-state index in [1.54, 1.807) is 25.1 Å². The Morgan fingerprint density at radius 3 is 2.53 bits per heavy atom. The molecule has 1 rings (SSSR count). The average Bonchev–Trinajstić information content (AvgIpc) is 2.17. The molecular formula is C11H11BrO3. The van der Waals surface area contributed by atoms with Gasteiger partial charge in [-0.2, -0.15) is 0 Å². The Morgan fingerprint density at radius 2 is 2.07 bits per heavy atom. The van der Waals surface area contributed by atoms with Crippen molar-refractivity contribution in [3.05, 3.63) is 33.8 Å². The molecular weight excluding hydrogens is 260 g/mol. The molecule has 0 aliphatic carbocycles.